The van der Waals surface area contributed by atoms with E-state index in [0.717, 1.165) is 18.2 Å². The molecular formula is C14H18ClFN2O5S. The van der Waals surface area contributed by atoms with Crippen LogP contribution in [0.5, 0.6) is 0 Å². The van der Waals surface area contributed by atoms with Crippen LogP contribution in [0.4, 0.5) is 4.39 Å². The van der Waals surface area contributed by atoms with Crippen LogP contribution in [0.2, 0.25) is 5.02 Å². The molecule has 0 aliphatic heterocycles. The van der Waals surface area contributed by atoms with E-state index in [1.165, 1.54) is 6.92 Å². The standard InChI is InChI=1S/C14H18ClFN2O5S/c1-3-17-14(20)9(2)23-13(19)6-7-18-24(21,22)10-4-5-12(16)11(15)8-10/h4-5,8-9,18H,3,6-7H2,1-2H3,(H,17,20)/t9-/m0/s1. The number of likely N-dealkylation sites (N-methyl/N-ethyl adjacent to an activating group) is 1. The summed E-state index contributed by atoms with van der Waals surface area (Å²) in [7, 11) is -3.94. The molecule has 24 heavy (non-hydrogen) atoms. The molecular weight excluding hydrogens is 363 g/mol. The summed E-state index contributed by atoms with van der Waals surface area (Å²) in [6, 6.07) is 2.95. The third kappa shape index (κ3) is 6.06. The zero-order chi connectivity index (χ0) is 18.3. The molecule has 2 N–H and O–H groups in total. The van der Waals surface area contributed by atoms with Gasteiger partial charge in [-0.1, -0.05) is 11.6 Å². The molecule has 0 aromatic heterocycles. The molecule has 7 nitrogen and oxygen atoms in total. The zero-order valence-corrected chi connectivity index (χ0v) is 14.7. The molecule has 0 saturated heterocycles. The lowest BCUT2D eigenvalue weighted by Crippen LogP contribution is -2.36. The van der Waals surface area contributed by atoms with E-state index in [-0.39, 0.29) is 22.9 Å². The van der Waals surface area contributed by atoms with E-state index in [4.69, 9.17) is 16.3 Å². The van der Waals surface area contributed by atoms with Gasteiger partial charge in [-0.2, -0.15) is 0 Å². The summed E-state index contributed by atoms with van der Waals surface area (Å²) >= 11 is 5.54. The quantitative estimate of drug-likeness (QED) is 0.660. The summed E-state index contributed by atoms with van der Waals surface area (Å²) in [6.07, 6.45) is -1.23. The van der Waals surface area contributed by atoms with E-state index in [2.05, 4.69) is 10.0 Å². The van der Waals surface area contributed by atoms with Crippen LogP contribution in [0.25, 0.3) is 0 Å². The van der Waals surface area contributed by atoms with Gasteiger partial charge in [0.1, 0.15) is 5.82 Å². The Hall–Kier alpha value is -1.71. The summed E-state index contributed by atoms with van der Waals surface area (Å²) in [5.74, 6) is -1.90. The molecule has 1 aromatic carbocycles. The summed E-state index contributed by atoms with van der Waals surface area (Å²) in [5, 5.41) is 2.17. The number of esters is 1. The Morgan fingerprint density at radius 3 is 2.62 bits per heavy atom. The van der Waals surface area contributed by atoms with E-state index in [1.807, 2.05) is 0 Å². The predicted octanol–water partition coefficient (Wildman–Crippen LogP) is 1.22. The molecule has 10 heteroatoms. The highest BCUT2D eigenvalue weighted by molar-refractivity contribution is 7.89. The first-order chi connectivity index (χ1) is 11.2. The van der Waals surface area contributed by atoms with Gasteiger partial charge in [0.05, 0.1) is 16.3 Å². The van der Waals surface area contributed by atoms with Crippen molar-refractivity contribution in [3.8, 4) is 0 Å². The van der Waals surface area contributed by atoms with E-state index in [1.54, 1.807) is 6.92 Å². The highest BCUT2D eigenvalue weighted by atomic mass is 35.5. The average molecular weight is 381 g/mol. The van der Waals surface area contributed by atoms with Gasteiger partial charge in [-0.15, -0.1) is 0 Å². The second kappa shape index (κ2) is 8.95. The summed E-state index contributed by atoms with van der Waals surface area (Å²) in [5.41, 5.74) is 0. The Morgan fingerprint density at radius 1 is 1.38 bits per heavy atom. The first-order valence-corrected chi connectivity index (χ1v) is 8.95. The number of sulfonamides is 1. The Labute approximate surface area is 144 Å². The molecule has 0 spiro atoms. The number of benzene rings is 1. The molecule has 1 rings (SSSR count). The molecule has 1 aromatic rings. The Bertz CT molecular complexity index is 711. The third-order valence-corrected chi connectivity index (χ3v) is 4.60. The second-order valence-electron chi connectivity index (χ2n) is 4.75. The lowest BCUT2D eigenvalue weighted by molar-refractivity contribution is -0.154. The molecule has 0 bridgehead atoms. The lowest BCUT2D eigenvalue weighted by Gasteiger charge is -2.13. The minimum atomic E-state index is -3.94. The second-order valence-corrected chi connectivity index (χ2v) is 6.92. The van der Waals surface area contributed by atoms with Gasteiger partial charge < -0.3 is 10.1 Å². The van der Waals surface area contributed by atoms with Gasteiger partial charge in [0, 0.05) is 13.1 Å². The zero-order valence-electron chi connectivity index (χ0n) is 13.1. The van der Waals surface area contributed by atoms with E-state index in [0.29, 0.717) is 6.54 Å². The Kier molecular flexibility index (Phi) is 7.59. The molecule has 134 valence electrons. The van der Waals surface area contributed by atoms with E-state index >= 15 is 0 Å². The molecule has 0 aliphatic carbocycles. The minimum Gasteiger partial charge on any atom is -0.453 e. The van der Waals surface area contributed by atoms with Crippen molar-refractivity contribution in [2.75, 3.05) is 13.1 Å². The van der Waals surface area contributed by atoms with E-state index < -0.39 is 33.8 Å². The number of hydrogen-bond acceptors (Lipinski definition) is 5. The van der Waals surface area contributed by atoms with Crippen LogP contribution in [-0.2, 0) is 24.3 Å². The van der Waals surface area contributed by atoms with Crippen LogP contribution >= 0.6 is 11.6 Å². The van der Waals surface area contributed by atoms with Crippen LogP contribution in [0, 0.1) is 5.82 Å². The average Bonchev–Trinajstić information content (AvgIpc) is 2.49. The normalized spacial score (nSPS) is 12.5. The third-order valence-electron chi connectivity index (χ3n) is 2.85. The molecule has 1 amide bonds. The number of halogens is 2. The van der Waals surface area contributed by atoms with Gasteiger partial charge in [-0.05, 0) is 32.0 Å². The molecule has 1 atom stereocenters. The van der Waals surface area contributed by atoms with Gasteiger partial charge in [-0.3, -0.25) is 9.59 Å². The van der Waals surface area contributed by atoms with Crippen molar-refractivity contribution in [1.82, 2.24) is 10.0 Å². The van der Waals surface area contributed by atoms with Crippen molar-refractivity contribution in [3.63, 3.8) is 0 Å². The summed E-state index contributed by atoms with van der Waals surface area (Å²) < 4.78 is 44.0. The number of rotatable bonds is 8. The number of nitrogens with one attached hydrogen (secondary N) is 2. The topological polar surface area (TPSA) is 102 Å². The van der Waals surface area contributed by atoms with Gasteiger partial charge >= 0.3 is 5.97 Å². The van der Waals surface area contributed by atoms with Crippen molar-refractivity contribution in [1.29, 1.82) is 0 Å². The summed E-state index contributed by atoms with van der Waals surface area (Å²) in [4.78, 5) is 22.8. The summed E-state index contributed by atoms with van der Waals surface area (Å²) in [6.45, 7) is 3.30. The smallest absolute Gasteiger partial charge is 0.307 e. The number of amides is 1. The molecule has 0 aliphatic rings. The first-order valence-electron chi connectivity index (χ1n) is 7.09. The van der Waals surface area contributed by atoms with Gasteiger partial charge in [0.15, 0.2) is 6.10 Å². The van der Waals surface area contributed by atoms with E-state index in [9.17, 15) is 22.4 Å². The van der Waals surface area contributed by atoms with Gasteiger partial charge in [-0.25, -0.2) is 17.5 Å². The van der Waals surface area contributed by atoms with Crippen LogP contribution in [0.15, 0.2) is 23.1 Å². The van der Waals surface area contributed by atoms with Crippen molar-refractivity contribution < 1.29 is 27.1 Å². The van der Waals surface area contributed by atoms with Crippen LogP contribution in [0.3, 0.4) is 0 Å². The lowest BCUT2D eigenvalue weighted by atomic mass is 10.3. The molecule has 0 radical (unpaired) electrons. The minimum absolute atomic E-state index is 0.224. The van der Waals surface area contributed by atoms with Crippen molar-refractivity contribution in [3.05, 3.63) is 29.0 Å². The van der Waals surface area contributed by atoms with Crippen LogP contribution in [-0.4, -0.2) is 39.5 Å². The monoisotopic (exact) mass is 380 g/mol. The maximum atomic E-state index is 13.0. The van der Waals surface area contributed by atoms with Crippen molar-refractivity contribution in [2.24, 2.45) is 0 Å². The predicted molar refractivity (Wildman–Crippen MR) is 85.5 cm³/mol. The molecule has 0 fully saturated rings. The highest BCUT2D eigenvalue weighted by Gasteiger charge is 2.19. The maximum Gasteiger partial charge on any atom is 0.307 e. The van der Waals surface area contributed by atoms with Crippen molar-refractivity contribution in [2.45, 2.75) is 31.3 Å². The maximum absolute atomic E-state index is 13.0. The van der Waals surface area contributed by atoms with Crippen molar-refractivity contribution >= 4 is 33.5 Å². The molecule has 0 heterocycles. The number of carbonyl (C=O) groups is 2. The Balaban J connectivity index is 2.52. The largest absolute Gasteiger partial charge is 0.453 e. The fourth-order valence-corrected chi connectivity index (χ4v) is 2.95. The fraction of sp³-hybridized carbons (Fsp3) is 0.429. The first kappa shape index (κ1) is 20.3. The molecule has 0 saturated carbocycles. The van der Waals surface area contributed by atoms with Crippen LogP contribution in [0.1, 0.15) is 20.3 Å². The number of carbonyl (C=O) groups excluding carboxylic acids is 2. The fourth-order valence-electron chi connectivity index (χ4n) is 1.64. The van der Waals surface area contributed by atoms with Gasteiger partial charge in [0.25, 0.3) is 5.91 Å². The van der Waals surface area contributed by atoms with Gasteiger partial charge in [0.2, 0.25) is 10.0 Å². The SMILES string of the molecule is CCNC(=O)[C@H](C)OC(=O)CCNS(=O)(=O)c1ccc(F)c(Cl)c1. The highest BCUT2D eigenvalue weighted by Crippen LogP contribution is 2.19. The van der Waals surface area contributed by atoms with Crippen LogP contribution < -0.4 is 10.0 Å². The number of hydrogen-bond donors (Lipinski definition) is 2. The molecule has 0 unspecified atom stereocenters. The Morgan fingerprint density at radius 2 is 2.04 bits per heavy atom. The number of ether oxygens (including phenoxy) is 1.